The van der Waals surface area contributed by atoms with Crippen molar-refractivity contribution in [1.82, 2.24) is 15.4 Å². The Labute approximate surface area is 155 Å². The van der Waals surface area contributed by atoms with Crippen LogP contribution in [0.1, 0.15) is 11.3 Å². The van der Waals surface area contributed by atoms with E-state index in [1.807, 2.05) is 0 Å². The summed E-state index contributed by atoms with van der Waals surface area (Å²) in [4.78, 5) is 30.2. The Morgan fingerprint density at radius 2 is 2.11 bits per heavy atom. The van der Waals surface area contributed by atoms with Gasteiger partial charge in [0.05, 0.1) is 11.1 Å². The highest BCUT2D eigenvalue weighted by Crippen LogP contribution is 2.12. The second-order valence-electron chi connectivity index (χ2n) is 5.27. The first-order valence-electron chi connectivity index (χ1n) is 7.87. The molecule has 0 atom stereocenters. The van der Waals surface area contributed by atoms with Crippen molar-refractivity contribution < 1.29 is 14.5 Å². The summed E-state index contributed by atoms with van der Waals surface area (Å²) in [5.41, 5.74) is 3.57. The third kappa shape index (κ3) is 6.53. The van der Waals surface area contributed by atoms with Crippen molar-refractivity contribution in [2.75, 3.05) is 18.5 Å². The zero-order chi connectivity index (χ0) is 19.6. The fraction of sp³-hybridized carbons (Fsp3) is 0.176. The molecule has 0 unspecified atom stereocenters. The van der Waals surface area contributed by atoms with Crippen LogP contribution in [0.25, 0.3) is 0 Å². The first-order valence-corrected chi connectivity index (χ1v) is 7.87. The number of hydrogen-bond acceptors (Lipinski definition) is 8. The lowest BCUT2D eigenvalue weighted by molar-refractivity contribution is -0.384. The third-order valence-corrected chi connectivity index (χ3v) is 3.09. The van der Waals surface area contributed by atoms with E-state index in [1.165, 1.54) is 30.5 Å². The average Bonchev–Trinajstić information content (AvgIpc) is 2.65. The highest BCUT2D eigenvalue weighted by atomic mass is 16.6. The van der Waals surface area contributed by atoms with Gasteiger partial charge >= 0.3 is 0 Å². The lowest BCUT2D eigenvalue weighted by Gasteiger charge is -2.07. The number of nitrogens with one attached hydrogen (secondary N) is 2. The van der Waals surface area contributed by atoms with Gasteiger partial charge in [0, 0.05) is 30.4 Å². The van der Waals surface area contributed by atoms with Gasteiger partial charge in [-0.1, -0.05) is 6.08 Å². The molecule has 140 valence electrons. The van der Waals surface area contributed by atoms with Crippen molar-refractivity contribution in [2.24, 2.45) is 5.10 Å². The molecule has 0 aliphatic rings. The van der Waals surface area contributed by atoms with E-state index in [1.54, 1.807) is 19.1 Å². The fourth-order valence-corrected chi connectivity index (χ4v) is 1.89. The molecule has 2 N–H and O–H groups in total. The standard InChI is InChI=1S/C17H18N6O4/c1-3-8-18-17-20-12(2)9-16(21-17)27-11-15(24)22-19-10-13-4-6-14(7-5-13)23(25)26/h3-7,9-10H,1,8,11H2,2H3,(H,22,24)(H,18,20,21). The van der Waals surface area contributed by atoms with Crippen LogP contribution in [0.4, 0.5) is 11.6 Å². The van der Waals surface area contributed by atoms with Crippen LogP contribution < -0.4 is 15.5 Å². The number of aryl methyl sites for hydroxylation is 1. The van der Waals surface area contributed by atoms with Crippen LogP contribution in [0.2, 0.25) is 0 Å². The predicted molar refractivity (Wildman–Crippen MR) is 99.8 cm³/mol. The second kappa shape index (κ2) is 9.61. The summed E-state index contributed by atoms with van der Waals surface area (Å²) in [5.74, 6) is 0.148. The summed E-state index contributed by atoms with van der Waals surface area (Å²) in [5, 5.41) is 17.3. The Kier molecular flexibility index (Phi) is 6.94. The van der Waals surface area contributed by atoms with E-state index in [4.69, 9.17) is 4.74 Å². The number of nitro benzene ring substituents is 1. The molecule has 27 heavy (non-hydrogen) atoms. The largest absolute Gasteiger partial charge is 0.467 e. The molecular formula is C17H18N6O4. The lowest BCUT2D eigenvalue weighted by atomic mass is 10.2. The summed E-state index contributed by atoms with van der Waals surface area (Å²) in [6.07, 6.45) is 3.04. The lowest BCUT2D eigenvalue weighted by Crippen LogP contribution is -2.25. The van der Waals surface area contributed by atoms with Crippen molar-refractivity contribution in [1.29, 1.82) is 0 Å². The molecule has 0 bridgehead atoms. The summed E-state index contributed by atoms with van der Waals surface area (Å²) >= 11 is 0. The molecule has 10 nitrogen and oxygen atoms in total. The zero-order valence-corrected chi connectivity index (χ0v) is 14.6. The van der Waals surface area contributed by atoms with Crippen LogP contribution in [0, 0.1) is 17.0 Å². The number of ether oxygens (including phenoxy) is 1. The van der Waals surface area contributed by atoms with Gasteiger partial charge in [0.15, 0.2) is 6.61 Å². The van der Waals surface area contributed by atoms with Crippen molar-refractivity contribution in [3.63, 3.8) is 0 Å². The zero-order valence-electron chi connectivity index (χ0n) is 14.6. The van der Waals surface area contributed by atoms with Crippen LogP contribution in [-0.2, 0) is 4.79 Å². The minimum atomic E-state index is -0.493. The number of carbonyl (C=O) groups is 1. The maximum absolute atomic E-state index is 11.8. The molecule has 10 heteroatoms. The number of non-ortho nitro benzene ring substituents is 1. The Bertz CT molecular complexity index is 851. The molecule has 1 aromatic carbocycles. The molecule has 2 rings (SSSR count). The number of benzene rings is 1. The van der Waals surface area contributed by atoms with Crippen LogP contribution in [0.15, 0.2) is 48.1 Å². The third-order valence-electron chi connectivity index (χ3n) is 3.09. The van der Waals surface area contributed by atoms with Gasteiger partial charge in [0.25, 0.3) is 11.6 Å². The highest BCUT2D eigenvalue weighted by Gasteiger charge is 2.06. The van der Waals surface area contributed by atoms with E-state index in [9.17, 15) is 14.9 Å². The molecule has 0 aliphatic carbocycles. The first-order chi connectivity index (χ1) is 13.0. The van der Waals surface area contributed by atoms with Gasteiger partial charge in [-0.25, -0.2) is 10.4 Å². The molecular weight excluding hydrogens is 352 g/mol. The molecule has 1 heterocycles. The molecule has 1 aromatic heterocycles. The number of hydrazone groups is 1. The van der Waals surface area contributed by atoms with Crippen LogP contribution in [0.5, 0.6) is 5.88 Å². The molecule has 0 radical (unpaired) electrons. The minimum absolute atomic E-state index is 0.0216. The molecule has 0 spiro atoms. The number of anilines is 1. The van der Waals surface area contributed by atoms with Gasteiger partial charge in [-0.15, -0.1) is 6.58 Å². The van der Waals surface area contributed by atoms with Gasteiger partial charge in [-0.2, -0.15) is 10.1 Å². The number of nitrogens with zero attached hydrogens (tertiary/aromatic N) is 4. The molecule has 0 fully saturated rings. The highest BCUT2D eigenvalue weighted by molar-refractivity contribution is 5.83. The van der Waals surface area contributed by atoms with Gasteiger partial charge < -0.3 is 10.1 Å². The number of carbonyl (C=O) groups excluding carboxylic acids is 1. The van der Waals surface area contributed by atoms with E-state index in [2.05, 4.69) is 32.4 Å². The molecule has 1 amide bonds. The minimum Gasteiger partial charge on any atom is -0.467 e. The molecule has 0 aliphatic heterocycles. The predicted octanol–water partition coefficient (Wildman–Crippen LogP) is 1.82. The van der Waals surface area contributed by atoms with E-state index in [0.29, 0.717) is 23.8 Å². The van der Waals surface area contributed by atoms with Crippen molar-refractivity contribution in [2.45, 2.75) is 6.92 Å². The van der Waals surface area contributed by atoms with E-state index in [0.717, 1.165) is 0 Å². The van der Waals surface area contributed by atoms with E-state index in [-0.39, 0.29) is 18.2 Å². The van der Waals surface area contributed by atoms with Crippen LogP contribution in [-0.4, -0.2) is 40.2 Å². The summed E-state index contributed by atoms with van der Waals surface area (Å²) in [6.45, 7) is 5.59. The van der Waals surface area contributed by atoms with Crippen molar-refractivity contribution in [3.8, 4) is 5.88 Å². The quantitative estimate of drug-likeness (QED) is 0.298. The topological polar surface area (TPSA) is 132 Å². The van der Waals surface area contributed by atoms with Crippen molar-refractivity contribution >= 4 is 23.8 Å². The smallest absolute Gasteiger partial charge is 0.278 e. The van der Waals surface area contributed by atoms with E-state index < -0.39 is 10.8 Å². The maximum atomic E-state index is 11.8. The number of aromatic nitrogens is 2. The Balaban J connectivity index is 1.84. The van der Waals surface area contributed by atoms with Crippen molar-refractivity contribution in [3.05, 3.63) is 64.4 Å². The number of hydrogen-bond donors (Lipinski definition) is 2. The van der Waals surface area contributed by atoms with Crippen LogP contribution in [0.3, 0.4) is 0 Å². The van der Waals surface area contributed by atoms with E-state index >= 15 is 0 Å². The SMILES string of the molecule is C=CCNc1nc(C)cc(OCC(=O)NN=Cc2ccc([N+](=O)[O-])cc2)n1. The Morgan fingerprint density at radius 3 is 2.78 bits per heavy atom. The summed E-state index contributed by atoms with van der Waals surface area (Å²) in [7, 11) is 0. The van der Waals surface area contributed by atoms with Gasteiger partial charge in [0.2, 0.25) is 11.8 Å². The molecule has 0 saturated heterocycles. The Morgan fingerprint density at radius 1 is 1.37 bits per heavy atom. The normalized spacial score (nSPS) is 10.4. The maximum Gasteiger partial charge on any atom is 0.278 e. The number of amides is 1. The van der Waals surface area contributed by atoms with Gasteiger partial charge in [-0.3, -0.25) is 14.9 Å². The number of rotatable bonds is 9. The number of nitro groups is 1. The fourth-order valence-electron chi connectivity index (χ4n) is 1.89. The monoisotopic (exact) mass is 370 g/mol. The summed E-state index contributed by atoms with van der Waals surface area (Å²) in [6, 6.07) is 7.34. The van der Waals surface area contributed by atoms with Crippen LogP contribution >= 0.6 is 0 Å². The van der Waals surface area contributed by atoms with Gasteiger partial charge in [0.1, 0.15) is 0 Å². The molecule has 2 aromatic rings. The summed E-state index contributed by atoms with van der Waals surface area (Å²) < 4.78 is 5.34. The Hall–Kier alpha value is -3.82. The second-order valence-corrected chi connectivity index (χ2v) is 5.27. The average molecular weight is 370 g/mol. The molecule has 0 saturated carbocycles. The van der Waals surface area contributed by atoms with Gasteiger partial charge in [-0.05, 0) is 24.6 Å². The first kappa shape index (κ1) is 19.5.